The summed E-state index contributed by atoms with van der Waals surface area (Å²) >= 11 is 0. The number of carbonyl (C=O) groups is 1. The van der Waals surface area contributed by atoms with Crippen molar-refractivity contribution < 1.29 is 18.3 Å². The maximum atomic E-state index is 12.1. The first-order valence-electron chi connectivity index (χ1n) is 6.84. The van der Waals surface area contributed by atoms with Crippen molar-refractivity contribution in [3.63, 3.8) is 0 Å². The maximum Gasteiger partial charge on any atom is 0.387 e. The highest BCUT2D eigenvalue weighted by atomic mass is 19.3. The van der Waals surface area contributed by atoms with Crippen LogP contribution in [-0.2, 0) is 11.3 Å². The Morgan fingerprint density at radius 3 is 2.29 bits per heavy atom. The quantitative estimate of drug-likeness (QED) is 0.841. The molecule has 6 heteroatoms. The molecule has 0 bridgehead atoms. The van der Waals surface area contributed by atoms with Crippen LogP contribution in [-0.4, -0.2) is 36.5 Å². The van der Waals surface area contributed by atoms with E-state index in [4.69, 9.17) is 0 Å². The number of nitrogens with one attached hydrogen (secondary N) is 1. The van der Waals surface area contributed by atoms with Gasteiger partial charge in [-0.15, -0.1) is 0 Å². The lowest BCUT2D eigenvalue weighted by molar-refractivity contribution is -0.126. The van der Waals surface area contributed by atoms with E-state index >= 15 is 0 Å². The van der Waals surface area contributed by atoms with Gasteiger partial charge in [0.2, 0.25) is 5.91 Å². The van der Waals surface area contributed by atoms with Crippen molar-refractivity contribution >= 4 is 5.91 Å². The van der Waals surface area contributed by atoms with Crippen molar-refractivity contribution in [3.05, 3.63) is 29.8 Å². The number of carbonyl (C=O) groups excluding carboxylic acids is 1. The minimum Gasteiger partial charge on any atom is -0.435 e. The molecule has 0 aliphatic carbocycles. The van der Waals surface area contributed by atoms with Crippen molar-refractivity contribution in [1.82, 2.24) is 10.2 Å². The maximum absolute atomic E-state index is 12.1. The smallest absolute Gasteiger partial charge is 0.387 e. The molecule has 1 atom stereocenters. The van der Waals surface area contributed by atoms with Crippen LogP contribution in [0.3, 0.4) is 0 Å². The van der Waals surface area contributed by atoms with Crippen LogP contribution in [0.1, 0.15) is 26.3 Å². The zero-order valence-electron chi connectivity index (χ0n) is 12.8. The summed E-state index contributed by atoms with van der Waals surface area (Å²) in [7, 11) is 1.84. The van der Waals surface area contributed by atoms with Crippen LogP contribution in [0.25, 0.3) is 0 Å². The summed E-state index contributed by atoms with van der Waals surface area (Å²) in [5, 5.41) is 2.86. The van der Waals surface area contributed by atoms with E-state index in [1.165, 1.54) is 12.1 Å². The standard InChI is InChI=1S/C15H22F2N2O2/c1-10(2)18-14(20)11(3)19(4)9-12-5-7-13(8-6-12)21-15(16)17/h5-8,10-11,15H,9H2,1-4H3,(H,18,20). The topological polar surface area (TPSA) is 41.6 Å². The summed E-state index contributed by atoms with van der Waals surface area (Å²) < 4.78 is 28.4. The molecule has 0 heterocycles. The first-order valence-corrected chi connectivity index (χ1v) is 6.84. The fourth-order valence-electron chi connectivity index (χ4n) is 1.81. The lowest BCUT2D eigenvalue weighted by Crippen LogP contribution is -2.45. The molecule has 0 aliphatic rings. The lowest BCUT2D eigenvalue weighted by atomic mass is 10.1. The van der Waals surface area contributed by atoms with Crippen molar-refractivity contribution in [3.8, 4) is 5.75 Å². The van der Waals surface area contributed by atoms with E-state index in [9.17, 15) is 13.6 Å². The van der Waals surface area contributed by atoms with Gasteiger partial charge in [-0.25, -0.2) is 0 Å². The summed E-state index contributed by atoms with van der Waals surface area (Å²) in [6.45, 7) is 3.37. The highest BCUT2D eigenvalue weighted by Crippen LogP contribution is 2.16. The average Bonchev–Trinajstić information content (AvgIpc) is 2.38. The number of hydrogen-bond acceptors (Lipinski definition) is 3. The predicted molar refractivity (Wildman–Crippen MR) is 77.3 cm³/mol. The molecule has 1 unspecified atom stereocenters. The summed E-state index contributed by atoms with van der Waals surface area (Å²) in [5.41, 5.74) is 0.920. The number of halogens is 2. The molecule has 1 aromatic carbocycles. The normalized spacial score (nSPS) is 12.8. The van der Waals surface area contributed by atoms with E-state index in [1.807, 2.05) is 32.7 Å². The molecule has 0 saturated carbocycles. The average molecular weight is 300 g/mol. The van der Waals surface area contributed by atoms with Gasteiger partial charge in [-0.2, -0.15) is 8.78 Å². The molecular weight excluding hydrogens is 278 g/mol. The van der Waals surface area contributed by atoms with Gasteiger partial charge < -0.3 is 10.1 Å². The lowest BCUT2D eigenvalue weighted by Gasteiger charge is -2.25. The van der Waals surface area contributed by atoms with Gasteiger partial charge in [-0.05, 0) is 45.5 Å². The molecule has 0 radical (unpaired) electrons. The summed E-state index contributed by atoms with van der Waals surface area (Å²) in [6, 6.07) is 6.23. The number of benzene rings is 1. The number of alkyl halides is 2. The fourth-order valence-corrected chi connectivity index (χ4v) is 1.81. The van der Waals surface area contributed by atoms with Crippen LogP contribution in [0, 0.1) is 0 Å². The molecule has 0 aromatic heterocycles. The van der Waals surface area contributed by atoms with Crippen molar-refractivity contribution in [2.45, 2.75) is 46.0 Å². The zero-order chi connectivity index (χ0) is 16.0. The highest BCUT2D eigenvalue weighted by Gasteiger charge is 2.18. The van der Waals surface area contributed by atoms with E-state index in [0.29, 0.717) is 6.54 Å². The van der Waals surface area contributed by atoms with Crippen LogP contribution in [0.2, 0.25) is 0 Å². The Labute approximate surface area is 124 Å². The predicted octanol–water partition coefficient (Wildman–Crippen LogP) is 2.63. The van der Waals surface area contributed by atoms with Crippen molar-refractivity contribution in [2.24, 2.45) is 0 Å². The summed E-state index contributed by atoms with van der Waals surface area (Å²) in [5.74, 6) is 0.0900. The Balaban J connectivity index is 2.57. The Morgan fingerprint density at radius 1 is 1.24 bits per heavy atom. The van der Waals surface area contributed by atoms with Gasteiger partial charge in [0, 0.05) is 12.6 Å². The van der Waals surface area contributed by atoms with Crippen LogP contribution < -0.4 is 10.1 Å². The largest absolute Gasteiger partial charge is 0.435 e. The number of amides is 1. The van der Waals surface area contributed by atoms with Gasteiger partial charge in [0.1, 0.15) is 5.75 Å². The summed E-state index contributed by atoms with van der Waals surface area (Å²) in [4.78, 5) is 13.8. The Morgan fingerprint density at radius 2 is 1.81 bits per heavy atom. The van der Waals surface area contributed by atoms with E-state index in [0.717, 1.165) is 5.56 Å². The van der Waals surface area contributed by atoms with Gasteiger partial charge in [0.05, 0.1) is 6.04 Å². The highest BCUT2D eigenvalue weighted by molar-refractivity contribution is 5.81. The first-order chi connectivity index (χ1) is 9.79. The first kappa shape index (κ1) is 17.4. The van der Waals surface area contributed by atoms with E-state index < -0.39 is 6.61 Å². The third kappa shape index (κ3) is 6.08. The molecule has 0 fully saturated rings. The molecule has 1 N–H and O–H groups in total. The van der Waals surface area contributed by atoms with E-state index in [2.05, 4.69) is 10.1 Å². The number of rotatable bonds is 7. The monoisotopic (exact) mass is 300 g/mol. The van der Waals surface area contributed by atoms with Gasteiger partial charge >= 0.3 is 6.61 Å². The van der Waals surface area contributed by atoms with E-state index in [-0.39, 0.29) is 23.7 Å². The van der Waals surface area contributed by atoms with Crippen molar-refractivity contribution in [2.75, 3.05) is 7.05 Å². The van der Waals surface area contributed by atoms with Crippen molar-refractivity contribution in [1.29, 1.82) is 0 Å². The molecular formula is C15H22F2N2O2. The number of ether oxygens (including phenoxy) is 1. The van der Waals surface area contributed by atoms with Gasteiger partial charge in [0.15, 0.2) is 0 Å². The van der Waals surface area contributed by atoms with E-state index in [1.54, 1.807) is 12.1 Å². The van der Waals surface area contributed by atoms with Gasteiger partial charge in [0.25, 0.3) is 0 Å². The summed E-state index contributed by atoms with van der Waals surface area (Å²) in [6.07, 6.45) is 0. The van der Waals surface area contributed by atoms with Gasteiger partial charge in [-0.3, -0.25) is 9.69 Å². The molecule has 1 rings (SSSR count). The molecule has 0 spiro atoms. The number of likely N-dealkylation sites (N-methyl/N-ethyl adjacent to an activating group) is 1. The second kappa shape index (κ2) is 7.93. The SMILES string of the molecule is CC(C)NC(=O)C(C)N(C)Cc1ccc(OC(F)F)cc1. The van der Waals surface area contributed by atoms with Crippen LogP contribution >= 0.6 is 0 Å². The second-order valence-corrected chi connectivity index (χ2v) is 5.28. The zero-order valence-corrected chi connectivity index (χ0v) is 12.8. The minimum absolute atomic E-state index is 0.0369. The molecule has 0 aliphatic heterocycles. The number of nitrogens with zero attached hydrogens (tertiary/aromatic N) is 1. The van der Waals surface area contributed by atoms with Gasteiger partial charge in [-0.1, -0.05) is 12.1 Å². The minimum atomic E-state index is -2.82. The third-order valence-electron chi connectivity index (χ3n) is 3.05. The Bertz CT molecular complexity index is 449. The molecule has 4 nitrogen and oxygen atoms in total. The number of hydrogen-bond donors (Lipinski definition) is 1. The van der Waals surface area contributed by atoms with Crippen LogP contribution in [0.5, 0.6) is 5.75 Å². The molecule has 118 valence electrons. The Kier molecular flexibility index (Phi) is 6.55. The third-order valence-corrected chi connectivity index (χ3v) is 3.05. The fraction of sp³-hybridized carbons (Fsp3) is 0.533. The van der Waals surface area contributed by atoms with Crippen LogP contribution in [0.15, 0.2) is 24.3 Å². The molecule has 21 heavy (non-hydrogen) atoms. The molecule has 0 saturated heterocycles. The Hall–Kier alpha value is -1.69. The molecule has 1 aromatic rings. The van der Waals surface area contributed by atoms with Crippen LogP contribution in [0.4, 0.5) is 8.78 Å². The molecule has 1 amide bonds. The second-order valence-electron chi connectivity index (χ2n) is 5.28.